The molecule has 2 rings (SSSR count). The van der Waals surface area contributed by atoms with Crippen LogP contribution in [0, 0.1) is 0 Å². The van der Waals surface area contributed by atoms with Crippen LogP contribution in [0.1, 0.15) is 33.2 Å². The third-order valence-corrected chi connectivity index (χ3v) is 3.08. The summed E-state index contributed by atoms with van der Waals surface area (Å²) in [5, 5.41) is 9.20. The summed E-state index contributed by atoms with van der Waals surface area (Å²) >= 11 is 0. The molecule has 23 heavy (non-hydrogen) atoms. The Hall–Kier alpha value is -3.21. The second kappa shape index (κ2) is 6.70. The second-order valence-electron chi connectivity index (χ2n) is 4.85. The molecule has 0 aliphatic rings. The molecule has 2 aromatic rings. The molecule has 0 aliphatic heterocycles. The number of benzene rings is 2. The highest BCUT2D eigenvalue weighted by molar-refractivity contribution is 6.15. The number of carboxylic acids is 1. The molecule has 0 spiro atoms. The van der Waals surface area contributed by atoms with Crippen LogP contribution in [0.5, 0.6) is 5.75 Å². The molecule has 0 aromatic heterocycles. The van der Waals surface area contributed by atoms with Crippen LogP contribution in [0.3, 0.4) is 0 Å². The van der Waals surface area contributed by atoms with Crippen LogP contribution >= 0.6 is 0 Å². The molecule has 5 nitrogen and oxygen atoms in total. The first-order valence-electron chi connectivity index (χ1n) is 6.75. The lowest BCUT2D eigenvalue weighted by Crippen LogP contribution is -2.14. The van der Waals surface area contributed by atoms with E-state index in [4.69, 9.17) is 4.74 Å². The van der Waals surface area contributed by atoms with E-state index in [1.165, 1.54) is 37.3 Å². The quantitative estimate of drug-likeness (QED) is 0.397. The van der Waals surface area contributed by atoms with Gasteiger partial charge in [-0.3, -0.25) is 4.79 Å². The van der Waals surface area contributed by atoms with Crippen LogP contribution in [0.15, 0.2) is 60.7 Å². The molecule has 0 amide bonds. The maximum absolute atomic E-state index is 12.7. The average Bonchev–Trinajstić information content (AvgIpc) is 2.54. The lowest BCUT2D eigenvalue weighted by atomic mass is 9.98. The minimum atomic E-state index is -1.20. The van der Waals surface area contributed by atoms with Gasteiger partial charge in [-0.15, -0.1) is 0 Å². The lowest BCUT2D eigenvalue weighted by molar-refractivity contribution is -0.130. The highest BCUT2D eigenvalue weighted by atomic mass is 16.5. The van der Waals surface area contributed by atoms with Crippen molar-refractivity contribution in [2.24, 2.45) is 0 Å². The first kappa shape index (κ1) is 16.2. The van der Waals surface area contributed by atoms with E-state index in [9.17, 15) is 19.5 Å². The Morgan fingerprint density at radius 2 is 1.43 bits per heavy atom. The SMILES string of the molecule is C=C(C)C(=O)Oc1ccccc1C(=O)c1ccccc1C(=O)O. The first-order chi connectivity index (χ1) is 10.9. The van der Waals surface area contributed by atoms with Crippen molar-refractivity contribution in [3.8, 4) is 5.75 Å². The van der Waals surface area contributed by atoms with Crippen LogP contribution < -0.4 is 4.74 Å². The molecule has 2 aromatic carbocycles. The molecule has 0 unspecified atom stereocenters. The Balaban J connectivity index is 2.47. The molecule has 0 aliphatic carbocycles. The van der Waals surface area contributed by atoms with Gasteiger partial charge in [0.2, 0.25) is 0 Å². The lowest BCUT2D eigenvalue weighted by Gasteiger charge is -2.10. The van der Waals surface area contributed by atoms with Crippen molar-refractivity contribution < 1.29 is 24.2 Å². The van der Waals surface area contributed by atoms with Crippen molar-refractivity contribution in [3.05, 3.63) is 77.4 Å². The van der Waals surface area contributed by atoms with Gasteiger partial charge in [-0.25, -0.2) is 9.59 Å². The van der Waals surface area contributed by atoms with E-state index in [1.54, 1.807) is 18.2 Å². The number of hydrogen-bond acceptors (Lipinski definition) is 4. The van der Waals surface area contributed by atoms with E-state index < -0.39 is 17.7 Å². The Kier molecular flexibility index (Phi) is 4.71. The Labute approximate surface area is 132 Å². The number of para-hydroxylation sites is 1. The molecule has 0 saturated carbocycles. The van der Waals surface area contributed by atoms with Crippen LogP contribution in [0.25, 0.3) is 0 Å². The molecule has 5 heteroatoms. The summed E-state index contributed by atoms with van der Waals surface area (Å²) in [6.45, 7) is 4.98. The maximum atomic E-state index is 12.7. The number of rotatable bonds is 5. The average molecular weight is 310 g/mol. The van der Waals surface area contributed by atoms with Gasteiger partial charge in [-0.05, 0) is 25.1 Å². The van der Waals surface area contributed by atoms with Gasteiger partial charge in [0.25, 0.3) is 0 Å². The van der Waals surface area contributed by atoms with Gasteiger partial charge in [0.1, 0.15) is 5.75 Å². The van der Waals surface area contributed by atoms with E-state index in [1.807, 2.05) is 0 Å². The molecule has 0 radical (unpaired) electrons. The number of hydrogen-bond donors (Lipinski definition) is 1. The van der Waals surface area contributed by atoms with Gasteiger partial charge in [0.05, 0.1) is 11.1 Å². The van der Waals surface area contributed by atoms with E-state index in [0.29, 0.717) is 0 Å². The molecule has 1 N–H and O–H groups in total. The van der Waals surface area contributed by atoms with Crippen molar-refractivity contribution in [3.63, 3.8) is 0 Å². The topological polar surface area (TPSA) is 80.7 Å². The van der Waals surface area contributed by atoms with E-state index in [0.717, 1.165) is 0 Å². The second-order valence-corrected chi connectivity index (χ2v) is 4.85. The Bertz CT molecular complexity index is 805. The molecule has 0 heterocycles. The molecular formula is C18H14O5. The van der Waals surface area contributed by atoms with Gasteiger partial charge >= 0.3 is 11.9 Å². The van der Waals surface area contributed by atoms with Crippen LogP contribution in [-0.2, 0) is 4.79 Å². The zero-order valence-corrected chi connectivity index (χ0v) is 12.4. The van der Waals surface area contributed by atoms with E-state index in [2.05, 4.69) is 6.58 Å². The van der Waals surface area contributed by atoms with Crippen molar-refractivity contribution in [1.82, 2.24) is 0 Å². The monoisotopic (exact) mass is 310 g/mol. The van der Waals surface area contributed by atoms with Crippen molar-refractivity contribution >= 4 is 17.7 Å². The molecule has 0 fully saturated rings. The first-order valence-corrected chi connectivity index (χ1v) is 6.75. The summed E-state index contributed by atoms with van der Waals surface area (Å²) in [6.07, 6.45) is 0. The van der Waals surface area contributed by atoms with E-state index >= 15 is 0 Å². The van der Waals surface area contributed by atoms with E-state index in [-0.39, 0.29) is 28.0 Å². The fourth-order valence-electron chi connectivity index (χ4n) is 1.94. The van der Waals surface area contributed by atoms with Gasteiger partial charge < -0.3 is 9.84 Å². The number of ether oxygens (including phenoxy) is 1. The van der Waals surface area contributed by atoms with Crippen LogP contribution in [0.2, 0.25) is 0 Å². The zero-order valence-electron chi connectivity index (χ0n) is 12.4. The summed E-state index contributed by atoms with van der Waals surface area (Å²) in [4.78, 5) is 35.6. The Morgan fingerprint density at radius 3 is 2.00 bits per heavy atom. The van der Waals surface area contributed by atoms with Crippen molar-refractivity contribution in [1.29, 1.82) is 0 Å². The third kappa shape index (κ3) is 3.52. The summed E-state index contributed by atoms with van der Waals surface area (Å²) < 4.78 is 5.14. The van der Waals surface area contributed by atoms with Crippen molar-refractivity contribution in [2.75, 3.05) is 0 Å². The molecule has 0 atom stereocenters. The summed E-state index contributed by atoms with van der Waals surface area (Å²) in [5.41, 5.74) is 0.214. The number of ketones is 1. The van der Waals surface area contributed by atoms with Gasteiger partial charge in [-0.2, -0.15) is 0 Å². The van der Waals surface area contributed by atoms with Gasteiger partial charge in [0, 0.05) is 11.1 Å². The normalized spacial score (nSPS) is 9.96. The van der Waals surface area contributed by atoms with Crippen molar-refractivity contribution in [2.45, 2.75) is 6.92 Å². The predicted molar refractivity (Wildman–Crippen MR) is 83.7 cm³/mol. The standard InChI is InChI=1S/C18H14O5/c1-11(2)18(22)23-15-10-6-5-9-14(15)16(19)12-7-3-4-8-13(12)17(20)21/h3-10H,1H2,2H3,(H,20,21). The fourth-order valence-corrected chi connectivity index (χ4v) is 1.94. The Morgan fingerprint density at radius 1 is 0.913 bits per heavy atom. The molecule has 0 saturated heterocycles. The van der Waals surface area contributed by atoms with Gasteiger partial charge in [0.15, 0.2) is 5.78 Å². The smallest absolute Gasteiger partial charge is 0.338 e. The molecule has 116 valence electrons. The van der Waals surface area contributed by atoms with Crippen LogP contribution in [-0.4, -0.2) is 22.8 Å². The fraction of sp³-hybridized carbons (Fsp3) is 0.0556. The minimum absolute atomic E-state index is 0.0267. The summed E-state index contributed by atoms with van der Waals surface area (Å²) in [7, 11) is 0. The van der Waals surface area contributed by atoms with Crippen LogP contribution in [0.4, 0.5) is 0 Å². The van der Waals surface area contributed by atoms with Gasteiger partial charge in [-0.1, -0.05) is 36.9 Å². The highest BCUT2D eigenvalue weighted by Gasteiger charge is 2.21. The largest absolute Gasteiger partial charge is 0.478 e. The summed E-state index contributed by atoms with van der Waals surface area (Å²) in [5.74, 6) is -2.33. The number of esters is 1. The zero-order chi connectivity index (χ0) is 17.0. The third-order valence-electron chi connectivity index (χ3n) is 3.08. The summed E-state index contributed by atoms with van der Waals surface area (Å²) in [6, 6.07) is 12.0. The minimum Gasteiger partial charge on any atom is -0.478 e. The molecule has 0 bridgehead atoms. The number of carboxylic acid groups (broad SMARTS) is 1. The number of carbonyl (C=O) groups is 3. The predicted octanol–water partition coefficient (Wildman–Crippen LogP) is 3.10. The molecular weight excluding hydrogens is 296 g/mol. The number of carbonyl (C=O) groups excluding carboxylic acids is 2. The highest BCUT2D eigenvalue weighted by Crippen LogP contribution is 2.24. The number of aromatic carboxylic acids is 1. The maximum Gasteiger partial charge on any atom is 0.338 e.